The van der Waals surface area contributed by atoms with Crippen LogP contribution in [0.4, 0.5) is 0 Å². The van der Waals surface area contributed by atoms with Crippen LogP contribution in [0.1, 0.15) is 17.6 Å². The Hall–Kier alpha value is -1.76. The smallest absolute Gasteiger partial charge is 0.176 e. The van der Waals surface area contributed by atoms with Crippen molar-refractivity contribution in [2.45, 2.75) is 12.5 Å². The number of imidazole rings is 1. The highest BCUT2D eigenvalue weighted by molar-refractivity contribution is 5.05. The lowest BCUT2D eigenvalue weighted by Gasteiger charge is -2.10. The van der Waals surface area contributed by atoms with E-state index < -0.39 is 0 Å². The molecule has 0 amide bonds. The van der Waals surface area contributed by atoms with Gasteiger partial charge in [0, 0.05) is 19.7 Å². The molecule has 0 aliphatic heterocycles. The van der Waals surface area contributed by atoms with Crippen LogP contribution in [0, 0.1) is 0 Å². The molecule has 0 fully saturated rings. The second-order valence-corrected chi connectivity index (χ2v) is 3.70. The van der Waals surface area contributed by atoms with Crippen LogP contribution in [0.25, 0.3) is 0 Å². The van der Waals surface area contributed by atoms with Crippen LogP contribution < -0.4 is 5.32 Å². The van der Waals surface area contributed by atoms with Gasteiger partial charge in [-0.25, -0.2) is 4.98 Å². The SMILES string of the molecule is CNC(Cc1nnn(C)n1)c1cn(C)cn1. The van der Waals surface area contributed by atoms with Gasteiger partial charge in [0.05, 0.1) is 25.1 Å². The lowest BCUT2D eigenvalue weighted by atomic mass is 10.1. The summed E-state index contributed by atoms with van der Waals surface area (Å²) in [5.74, 6) is 0.715. The fourth-order valence-electron chi connectivity index (χ4n) is 1.56. The lowest BCUT2D eigenvalue weighted by Crippen LogP contribution is -2.20. The first-order valence-corrected chi connectivity index (χ1v) is 5.07. The number of likely N-dealkylation sites (N-methyl/N-ethyl adjacent to an activating group) is 1. The fourth-order valence-corrected chi connectivity index (χ4v) is 1.56. The molecule has 2 aromatic heterocycles. The molecule has 86 valence electrons. The molecular formula is C9H15N7. The van der Waals surface area contributed by atoms with Crippen molar-refractivity contribution in [2.75, 3.05) is 7.05 Å². The summed E-state index contributed by atoms with van der Waals surface area (Å²) in [5, 5.41) is 15.1. The summed E-state index contributed by atoms with van der Waals surface area (Å²) in [7, 11) is 5.60. The van der Waals surface area contributed by atoms with E-state index in [2.05, 4.69) is 25.7 Å². The van der Waals surface area contributed by atoms with E-state index in [-0.39, 0.29) is 6.04 Å². The minimum absolute atomic E-state index is 0.116. The van der Waals surface area contributed by atoms with Crippen molar-refractivity contribution >= 4 is 0 Å². The molecule has 16 heavy (non-hydrogen) atoms. The number of hydrogen-bond donors (Lipinski definition) is 1. The number of hydrogen-bond acceptors (Lipinski definition) is 5. The highest BCUT2D eigenvalue weighted by Gasteiger charge is 2.15. The highest BCUT2D eigenvalue weighted by atomic mass is 15.6. The summed E-state index contributed by atoms with van der Waals surface area (Å²) in [6.45, 7) is 0. The molecule has 0 aromatic carbocycles. The number of tetrazole rings is 1. The van der Waals surface area contributed by atoms with Gasteiger partial charge in [-0.15, -0.1) is 10.2 Å². The summed E-state index contributed by atoms with van der Waals surface area (Å²) in [6.07, 6.45) is 4.45. The molecule has 1 N–H and O–H groups in total. The molecule has 0 bridgehead atoms. The zero-order chi connectivity index (χ0) is 11.5. The molecule has 0 radical (unpaired) electrons. The Morgan fingerprint density at radius 2 is 2.25 bits per heavy atom. The van der Waals surface area contributed by atoms with Crippen LogP contribution >= 0.6 is 0 Å². The van der Waals surface area contributed by atoms with Gasteiger partial charge in [-0.05, 0) is 12.3 Å². The first-order valence-electron chi connectivity index (χ1n) is 5.07. The first kappa shape index (κ1) is 10.7. The third-order valence-corrected chi connectivity index (χ3v) is 2.37. The van der Waals surface area contributed by atoms with Crippen molar-refractivity contribution in [1.82, 2.24) is 35.1 Å². The second kappa shape index (κ2) is 4.40. The molecule has 2 rings (SSSR count). The number of aromatic nitrogens is 6. The van der Waals surface area contributed by atoms with Gasteiger partial charge in [0.1, 0.15) is 0 Å². The molecule has 0 aliphatic rings. The van der Waals surface area contributed by atoms with Gasteiger partial charge < -0.3 is 9.88 Å². The average molecular weight is 221 g/mol. The third kappa shape index (κ3) is 2.25. The van der Waals surface area contributed by atoms with Crippen molar-refractivity contribution in [1.29, 1.82) is 0 Å². The molecule has 2 aromatic rings. The van der Waals surface area contributed by atoms with E-state index in [0.29, 0.717) is 12.2 Å². The summed E-state index contributed by atoms with van der Waals surface area (Å²) in [4.78, 5) is 5.77. The zero-order valence-electron chi connectivity index (χ0n) is 9.62. The minimum Gasteiger partial charge on any atom is -0.340 e. The molecule has 7 heteroatoms. The quantitative estimate of drug-likeness (QED) is 0.749. The number of rotatable bonds is 4. The Labute approximate surface area is 93.5 Å². The predicted octanol–water partition coefficient (Wildman–Crippen LogP) is -0.553. The third-order valence-electron chi connectivity index (χ3n) is 2.37. The van der Waals surface area contributed by atoms with Crippen LogP contribution in [0.2, 0.25) is 0 Å². The van der Waals surface area contributed by atoms with Crippen LogP contribution in [0.3, 0.4) is 0 Å². The molecule has 0 saturated heterocycles. The van der Waals surface area contributed by atoms with Crippen molar-refractivity contribution in [2.24, 2.45) is 14.1 Å². The predicted molar refractivity (Wildman–Crippen MR) is 57.5 cm³/mol. The molecule has 0 aliphatic carbocycles. The van der Waals surface area contributed by atoms with Crippen molar-refractivity contribution in [3.63, 3.8) is 0 Å². The molecule has 1 atom stereocenters. The summed E-state index contributed by atoms with van der Waals surface area (Å²) in [5.41, 5.74) is 0.984. The van der Waals surface area contributed by atoms with Crippen LogP contribution in [-0.4, -0.2) is 36.8 Å². The zero-order valence-corrected chi connectivity index (χ0v) is 9.62. The Kier molecular flexibility index (Phi) is 2.95. The Balaban J connectivity index is 2.12. The van der Waals surface area contributed by atoms with Crippen molar-refractivity contribution < 1.29 is 0 Å². The standard InChI is InChI=1S/C9H15N7/c1-10-7(8-5-15(2)6-11-8)4-9-12-14-16(3)13-9/h5-7,10H,4H2,1-3H3. The summed E-state index contributed by atoms with van der Waals surface area (Å²) < 4.78 is 1.92. The van der Waals surface area contributed by atoms with Crippen molar-refractivity contribution in [3.05, 3.63) is 24.0 Å². The maximum absolute atomic E-state index is 4.31. The number of nitrogens with one attached hydrogen (secondary N) is 1. The van der Waals surface area contributed by atoms with E-state index in [1.54, 1.807) is 13.4 Å². The monoisotopic (exact) mass is 221 g/mol. The van der Waals surface area contributed by atoms with E-state index in [9.17, 15) is 0 Å². The van der Waals surface area contributed by atoms with Crippen LogP contribution in [0.5, 0.6) is 0 Å². The highest BCUT2D eigenvalue weighted by Crippen LogP contribution is 2.13. The summed E-state index contributed by atoms with van der Waals surface area (Å²) in [6, 6.07) is 0.116. The van der Waals surface area contributed by atoms with Gasteiger partial charge >= 0.3 is 0 Å². The van der Waals surface area contributed by atoms with Gasteiger partial charge in [0.25, 0.3) is 0 Å². The maximum atomic E-state index is 4.31. The lowest BCUT2D eigenvalue weighted by molar-refractivity contribution is 0.558. The topological polar surface area (TPSA) is 73.5 Å². The molecule has 2 heterocycles. The normalized spacial score (nSPS) is 12.9. The van der Waals surface area contributed by atoms with Gasteiger partial charge in [-0.1, -0.05) is 0 Å². The van der Waals surface area contributed by atoms with E-state index >= 15 is 0 Å². The number of nitrogens with zero attached hydrogens (tertiary/aromatic N) is 6. The Bertz CT molecular complexity index is 458. The van der Waals surface area contributed by atoms with E-state index in [1.165, 1.54) is 4.80 Å². The molecule has 0 saturated carbocycles. The Morgan fingerprint density at radius 3 is 2.75 bits per heavy atom. The van der Waals surface area contributed by atoms with Gasteiger partial charge in [0.15, 0.2) is 5.82 Å². The van der Waals surface area contributed by atoms with Crippen LogP contribution in [0.15, 0.2) is 12.5 Å². The second-order valence-electron chi connectivity index (χ2n) is 3.70. The molecular weight excluding hydrogens is 206 g/mol. The largest absolute Gasteiger partial charge is 0.340 e. The van der Waals surface area contributed by atoms with Crippen molar-refractivity contribution in [3.8, 4) is 0 Å². The number of aryl methyl sites for hydroxylation is 2. The van der Waals surface area contributed by atoms with E-state index in [4.69, 9.17) is 0 Å². The molecule has 0 spiro atoms. The summed E-state index contributed by atoms with van der Waals surface area (Å²) >= 11 is 0. The maximum Gasteiger partial charge on any atom is 0.176 e. The molecule has 7 nitrogen and oxygen atoms in total. The average Bonchev–Trinajstić information content (AvgIpc) is 2.84. The van der Waals surface area contributed by atoms with Gasteiger partial charge in [-0.2, -0.15) is 4.80 Å². The van der Waals surface area contributed by atoms with E-state index in [1.807, 2.05) is 24.9 Å². The van der Waals surface area contributed by atoms with E-state index in [0.717, 1.165) is 5.69 Å². The van der Waals surface area contributed by atoms with Gasteiger partial charge in [-0.3, -0.25) is 0 Å². The van der Waals surface area contributed by atoms with Gasteiger partial charge in [0.2, 0.25) is 0 Å². The molecule has 1 unspecified atom stereocenters. The minimum atomic E-state index is 0.116. The first-order chi connectivity index (χ1) is 7.69. The fraction of sp³-hybridized carbons (Fsp3) is 0.556. The Morgan fingerprint density at radius 1 is 1.44 bits per heavy atom. The van der Waals surface area contributed by atoms with Crippen LogP contribution in [-0.2, 0) is 20.5 Å².